The van der Waals surface area contributed by atoms with Gasteiger partial charge in [0.25, 0.3) is 0 Å². The number of carbonyl (C=O) groups is 3. The van der Waals surface area contributed by atoms with E-state index in [0.29, 0.717) is 25.9 Å². The van der Waals surface area contributed by atoms with Crippen LogP contribution in [0.3, 0.4) is 0 Å². The lowest BCUT2D eigenvalue weighted by Crippen LogP contribution is -2.46. The minimum absolute atomic E-state index is 0.204. The molecule has 130 valence electrons. The number of nitrogens with one attached hydrogen (secondary N) is 1. The summed E-state index contributed by atoms with van der Waals surface area (Å²) in [6, 6.07) is 5.87. The molecule has 0 aliphatic carbocycles. The van der Waals surface area contributed by atoms with Crippen molar-refractivity contribution in [1.29, 1.82) is 0 Å². The second-order valence-corrected chi connectivity index (χ2v) is 6.08. The van der Waals surface area contributed by atoms with Crippen molar-refractivity contribution in [1.82, 2.24) is 4.90 Å². The average Bonchev–Trinajstić information content (AvgIpc) is 2.61. The van der Waals surface area contributed by atoms with Gasteiger partial charge in [-0.2, -0.15) is 0 Å². The molecule has 6 nitrogen and oxygen atoms in total. The molecule has 3 amide bonds. The zero-order valence-corrected chi connectivity index (χ0v) is 14.3. The smallest absolute Gasteiger partial charge is 0.313 e. The molecular weight excluding hydrogens is 306 g/mol. The number of amides is 3. The molecule has 3 N–H and O–H groups in total. The van der Waals surface area contributed by atoms with Gasteiger partial charge in [0.1, 0.15) is 0 Å². The fraction of sp³-hybridized carbons (Fsp3) is 0.500. The van der Waals surface area contributed by atoms with Crippen LogP contribution in [0.4, 0.5) is 5.69 Å². The van der Waals surface area contributed by atoms with Gasteiger partial charge in [0.2, 0.25) is 5.91 Å². The number of hydrogen-bond acceptors (Lipinski definition) is 3. The SMILES string of the molecule is CCc1cccc(CC)c1NC(=O)C(=O)N1CCC(C(N)=O)CC1. The lowest BCUT2D eigenvalue weighted by molar-refractivity contribution is -0.144. The molecule has 0 aromatic heterocycles. The Morgan fingerprint density at radius 2 is 1.67 bits per heavy atom. The lowest BCUT2D eigenvalue weighted by Gasteiger charge is -2.30. The number of rotatable bonds is 4. The van der Waals surface area contributed by atoms with Crippen LogP contribution >= 0.6 is 0 Å². The molecular formula is C18H25N3O3. The quantitative estimate of drug-likeness (QED) is 0.818. The predicted octanol–water partition coefficient (Wildman–Crippen LogP) is 1.47. The first-order valence-corrected chi connectivity index (χ1v) is 8.48. The van der Waals surface area contributed by atoms with Gasteiger partial charge in [-0.05, 0) is 36.8 Å². The summed E-state index contributed by atoms with van der Waals surface area (Å²) in [6.45, 7) is 4.80. The summed E-state index contributed by atoms with van der Waals surface area (Å²) in [6.07, 6.45) is 2.59. The molecule has 0 radical (unpaired) electrons. The molecule has 1 aliphatic heterocycles. The minimum Gasteiger partial charge on any atom is -0.369 e. The van der Waals surface area contributed by atoms with E-state index in [1.165, 1.54) is 4.90 Å². The molecule has 0 unspecified atom stereocenters. The standard InChI is InChI=1S/C18H25N3O3/c1-3-12-6-5-7-13(4-2)15(12)20-17(23)18(24)21-10-8-14(9-11-21)16(19)22/h5-7,14H,3-4,8-11H2,1-2H3,(H2,19,22)(H,20,23). The summed E-state index contributed by atoms with van der Waals surface area (Å²) in [5.74, 6) is -1.71. The van der Waals surface area contributed by atoms with E-state index in [0.717, 1.165) is 29.7 Å². The number of aryl methyl sites for hydroxylation is 2. The summed E-state index contributed by atoms with van der Waals surface area (Å²) in [5, 5.41) is 2.79. The lowest BCUT2D eigenvalue weighted by atomic mass is 9.96. The maximum absolute atomic E-state index is 12.4. The van der Waals surface area contributed by atoms with Crippen molar-refractivity contribution in [2.24, 2.45) is 11.7 Å². The fourth-order valence-electron chi connectivity index (χ4n) is 3.08. The van der Waals surface area contributed by atoms with E-state index in [1.807, 2.05) is 32.0 Å². The van der Waals surface area contributed by atoms with Crippen LogP contribution in [0.15, 0.2) is 18.2 Å². The summed E-state index contributed by atoms with van der Waals surface area (Å²) < 4.78 is 0. The number of primary amides is 1. The molecule has 0 saturated carbocycles. The third-order valence-electron chi connectivity index (χ3n) is 4.62. The van der Waals surface area contributed by atoms with Crippen molar-refractivity contribution < 1.29 is 14.4 Å². The van der Waals surface area contributed by atoms with E-state index in [-0.39, 0.29) is 11.8 Å². The third-order valence-corrected chi connectivity index (χ3v) is 4.62. The fourth-order valence-corrected chi connectivity index (χ4v) is 3.08. The van der Waals surface area contributed by atoms with Crippen LogP contribution in [-0.2, 0) is 27.2 Å². The normalized spacial score (nSPS) is 15.2. The first-order chi connectivity index (χ1) is 11.5. The molecule has 2 rings (SSSR count). The summed E-state index contributed by atoms with van der Waals surface area (Å²) >= 11 is 0. The molecule has 0 bridgehead atoms. The Bertz CT molecular complexity index is 612. The Balaban J connectivity index is 2.05. The van der Waals surface area contributed by atoms with Gasteiger partial charge in [-0.1, -0.05) is 32.0 Å². The minimum atomic E-state index is -0.622. The molecule has 1 aliphatic rings. The van der Waals surface area contributed by atoms with Gasteiger partial charge in [0.05, 0.1) is 0 Å². The molecule has 1 heterocycles. The van der Waals surface area contributed by atoms with E-state index in [4.69, 9.17) is 5.73 Å². The second kappa shape index (κ2) is 7.95. The first-order valence-electron chi connectivity index (χ1n) is 8.48. The number of benzene rings is 1. The van der Waals surface area contributed by atoms with Crippen LogP contribution in [0, 0.1) is 5.92 Å². The maximum atomic E-state index is 12.4. The zero-order valence-electron chi connectivity index (χ0n) is 14.3. The van der Waals surface area contributed by atoms with Crippen LogP contribution in [0.5, 0.6) is 0 Å². The number of para-hydroxylation sites is 1. The van der Waals surface area contributed by atoms with Crippen LogP contribution in [0.25, 0.3) is 0 Å². The van der Waals surface area contributed by atoms with E-state index < -0.39 is 11.8 Å². The van der Waals surface area contributed by atoms with Gasteiger partial charge >= 0.3 is 11.8 Å². The van der Waals surface area contributed by atoms with Crippen LogP contribution in [0.2, 0.25) is 0 Å². The second-order valence-electron chi connectivity index (χ2n) is 6.08. The highest BCUT2D eigenvalue weighted by molar-refractivity contribution is 6.39. The average molecular weight is 331 g/mol. The summed E-state index contributed by atoms with van der Waals surface area (Å²) in [5.41, 5.74) is 8.07. The molecule has 1 saturated heterocycles. The molecule has 6 heteroatoms. The number of anilines is 1. The molecule has 0 spiro atoms. The van der Waals surface area contributed by atoms with Crippen LogP contribution in [0.1, 0.15) is 37.8 Å². The highest BCUT2D eigenvalue weighted by atomic mass is 16.2. The Morgan fingerprint density at radius 1 is 1.12 bits per heavy atom. The van der Waals surface area contributed by atoms with Crippen molar-refractivity contribution in [3.63, 3.8) is 0 Å². The first kappa shape index (κ1) is 18.0. The van der Waals surface area contributed by atoms with Crippen molar-refractivity contribution in [2.45, 2.75) is 39.5 Å². The number of carbonyl (C=O) groups excluding carboxylic acids is 3. The van der Waals surface area contributed by atoms with Crippen molar-refractivity contribution in [3.05, 3.63) is 29.3 Å². The van der Waals surface area contributed by atoms with Crippen LogP contribution < -0.4 is 11.1 Å². The topological polar surface area (TPSA) is 92.5 Å². The monoisotopic (exact) mass is 331 g/mol. The number of nitrogens with two attached hydrogens (primary N) is 1. The van der Waals surface area contributed by atoms with E-state index in [2.05, 4.69) is 5.32 Å². The molecule has 1 fully saturated rings. The largest absolute Gasteiger partial charge is 0.369 e. The predicted molar refractivity (Wildman–Crippen MR) is 92.3 cm³/mol. The molecule has 24 heavy (non-hydrogen) atoms. The van der Waals surface area contributed by atoms with E-state index in [1.54, 1.807) is 0 Å². The van der Waals surface area contributed by atoms with Crippen molar-refractivity contribution in [3.8, 4) is 0 Å². The zero-order chi connectivity index (χ0) is 17.7. The van der Waals surface area contributed by atoms with Crippen molar-refractivity contribution >= 4 is 23.4 Å². The Morgan fingerprint density at radius 3 is 2.12 bits per heavy atom. The van der Waals surface area contributed by atoms with Gasteiger partial charge in [0.15, 0.2) is 0 Å². The van der Waals surface area contributed by atoms with Crippen molar-refractivity contribution in [2.75, 3.05) is 18.4 Å². The number of likely N-dealkylation sites (tertiary alicyclic amines) is 1. The summed E-state index contributed by atoms with van der Waals surface area (Å²) in [7, 11) is 0. The highest BCUT2D eigenvalue weighted by Gasteiger charge is 2.29. The number of piperidine rings is 1. The maximum Gasteiger partial charge on any atom is 0.313 e. The van der Waals surface area contributed by atoms with Gasteiger partial charge in [-0.15, -0.1) is 0 Å². The Kier molecular flexibility index (Phi) is 5.95. The number of nitrogens with zero attached hydrogens (tertiary/aromatic N) is 1. The summed E-state index contributed by atoms with van der Waals surface area (Å²) in [4.78, 5) is 37.4. The Hall–Kier alpha value is -2.37. The number of hydrogen-bond donors (Lipinski definition) is 2. The molecule has 1 aromatic carbocycles. The van der Waals surface area contributed by atoms with E-state index in [9.17, 15) is 14.4 Å². The highest BCUT2D eigenvalue weighted by Crippen LogP contribution is 2.23. The van der Waals surface area contributed by atoms with Gasteiger partial charge in [-0.25, -0.2) is 0 Å². The van der Waals surface area contributed by atoms with E-state index >= 15 is 0 Å². The molecule has 1 aromatic rings. The van der Waals surface area contributed by atoms with Gasteiger partial charge in [0, 0.05) is 24.7 Å². The molecule has 0 atom stereocenters. The van der Waals surface area contributed by atoms with Gasteiger partial charge in [-0.3, -0.25) is 14.4 Å². The third kappa shape index (κ3) is 3.93. The Labute approximate surface area is 142 Å². The van der Waals surface area contributed by atoms with Crippen LogP contribution in [-0.4, -0.2) is 35.7 Å². The van der Waals surface area contributed by atoms with Gasteiger partial charge < -0.3 is 16.0 Å².